The summed E-state index contributed by atoms with van der Waals surface area (Å²) in [5, 5.41) is 52.1. The van der Waals surface area contributed by atoms with Crippen LogP contribution in [0, 0.1) is 23.7 Å². The summed E-state index contributed by atoms with van der Waals surface area (Å²) in [5.74, 6) is -5.62. The Balaban J connectivity index is 1.91. The molecule has 3 amide bonds. The number of esters is 1. The third-order valence-electron chi connectivity index (χ3n) is 14.7. The predicted molar refractivity (Wildman–Crippen MR) is 293 cm³/mol. The molecule has 21 nitrogen and oxygen atoms in total. The highest BCUT2D eigenvalue weighted by molar-refractivity contribution is 5.97. The lowest BCUT2D eigenvalue weighted by atomic mass is 9.77. The molecule has 3 aliphatic rings. The minimum absolute atomic E-state index is 0.0228. The third-order valence-corrected chi connectivity index (χ3v) is 14.7. The first-order valence-corrected chi connectivity index (χ1v) is 27.7. The van der Waals surface area contributed by atoms with Gasteiger partial charge in [-0.25, -0.2) is 4.79 Å². The van der Waals surface area contributed by atoms with E-state index in [4.69, 9.17) is 37.9 Å². The largest absolute Gasteiger partial charge is 0.462 e. The lowest BCUT2D eigenvalue weighted by molar-refractivity contribution is -0.304. The first-order valence-electron chi connectivity index (χ1n) is 27.7. The van der Waals surface area contributed by atoms with Gasteiger partial charge in [0.15, 0.2) is 18.4 Å². The molecule has 2 fully saturated rings. The van der Waals surface area contributed by atoms with Crippen LogP contribution >= 0.6 is 0 Å². The van der Waals surface area contributed by atoms with Gasteiger partial charge in [0, 0.05) is 56.2 Å². The number of amides is 3. The average molecular weight is 1120 g/mol. The number of aliphatic hydroxyl groups excluding tert-OH is 4. The van der Waals surface area contributed by atoms with Crippen molar-refractivity contribution < 1.29 is 82.3 Å². The maximum atomic E-state index is 15.1. The molecule has 79 heavy (non-hydrogen) atoms. The highest BCUT2D eigenvalue weighted by atomic mass is 16.7. The fourth-order valence-electron chi connectivity index (χ4n) is 10.5. The molecule has 0 radical (unpaired) electrons. The Morgan fingerprint density at radius 3 is 2.04 bits per heavy atom. The van der Waals surface area contributed by atoms with Crippen LogP contribution in [0.15, 0.2) is 54.1 Å². The number of nitrogens with one attached hydrogen (secondary N) is 2. The molecule has 0 aliphatic carbocycles. The number of hydrogen-bond donors (Lipinski definition) is 6. The molecule has 21 heteroatoms. The Bertz CT molecular complexity index is 2180. The maximum Gasteiger partial charge on any atom is 0.407 e. The first-order chi connectivity index (χ1) is 36.9. The zero-order chi connectivity index (χ0) is 59.3. The van der Waals surface area contributed by atoms with Gasteiger partial charge in [-0.05, 0) is 120 Å². The van der Waals surface area contributed by atoms with E-state index in [1.54, 1.807) is 132 Å². The van der Waals surface area contributed by atoms with E-state index in [0.29, 0.717) is 12.0 Å². The number of carbonyl (C=O) groups excluding carboxylic acids is 5. The van der Waals surface area contributed by atoms with E-state index in [1.165, 1.54) is 25.2 Å². The van der Waals surface area contributed by atoms with Crippen LogP contribution in [0.5, 0.6) is 0 Å². The van der Waals surface area contributed by atoms with Gasteiger partial charge in [0.2, 0.25) is 5.91 Å². The smallest absolute Gasteiger partial charge is 0.407 e. The van der Waals surface area contributed by atoms with Crippen molar-refractivity contribution in [3.63, 3.8) is 0 Å². The lowest BCUT2D eigenvalue weighted by Crippen LogP contribution is -2.63. The molecular weight excluding hydrogens is 1020 g/mol. The highest BCUT2D eigenvalue weighted by Crippen LogP contribution is 2.37. The second kappa shape index (κ2) is 30.1. The minimum atomic E-state index is -1.52. The molecule has 3 heterocycles. The van der Waals surface area contributed by atoms with Crippen molar-refractivity contribution in [1.82, 2.24) is 20.4 Å². The average Bonchev–Trinajstić information content (AvgIpc) is 3.42. The number of likely N-dealkylation sites (N-methyl/N-ethyl adjacent to an activating group) is 1. The molecule has 1 unspecified atom stereocenters. The van der Waals surface area contributed by atoms with Gasteiger partial charge in [0.25, 0.3) is 5.91 Å². The summed E-state index contributed by atoms with van der Waals surface area (Å²) >= 11 is 0. The van der Waals surface area contributed by atoms with Crippen LogP contribution in [0.1, 0.15) is 119 Å². The fraction of sp³-hybridized carbons (Fsp3) is 0.741. The van der Waals surface area contributed by atoms with Crippen LogP contribution in [0.3, 0.4) is 0 Å². The Kier molecular flexibility index (Phi) is 25.5. The van der Waals surface area contributed by atoms with Gasteiger partial charge in [0.05, 0.1) is 49.6 Å². The SMILES string of the molecule is CC[C@H]1OC(=O)C[C@@H](O)[C@H](C)[C@@H](O[C@@H]2O[C@H](C)[C@@H](O)[C@H](N(C)C)[C@H]2O)[C@@H](CC(C(=O)NC(C)(C)C)N(CCNC(=O)OC(C)(C)C)C(=O)c2ccccc2)C[C@@H](C)C(=O)/C=C/C(C)=C/[C@@H]1CO[C@H]1O[C@@H](C)[C@H](O)[C@H](OC)[C@@H]1OC. The number of allylic oxidation sites excluding steroid dienone is 3. The first kappa shape index (κ1) is 67.1. The van der Waals surface area contributed by atoms with Gasteiger partial charge in [-0.15, -0.1) is 0 Å². The fourth-order valence-corrected chi connectivity index (χ4v) is 10.5. The number of ether oxygens (including phenoxy) is 8. The standard InChI is InChI=1S/C58H94N4O17/c1-17-43-39(31-74-55-51(73-16)50(72-15)47(67)36(6)76-55)27-32(2)23-24-41(63)33(3)28-38(49(34(4)42(64)30-44(65)77-43)78-54-48(68)45(61(13)14)46(66)35(5)75-54)29-40(52(69)60-57(7,8)9)62(53(70)37-21-19-18-20-22-37)26-25-59-56(71)79-58(10,11)12/h18-24,27,33-36,38-40,42-43,45-51,54-55,64,66-68H,17,25-26,28-31H2,1-16H3,(H,59,71)(H,60,69)/b24-23+,32-27+/t33-,34+,35-,36+,38-,39-,40?,42-,43-,45+,46-,47+,48-,49-,50+,51+,54+,55+/m1/s1. The summed E-state index contributed by atoms with van der Waals surface area (Å²) in [6.07, 6.45) is -9.09. The van der Waals surface area contributed by atoms with E-state index >= 15 is 4.79 Å². The molecule has 6 N–H and O–H groups in total. The zero-order valence-corrected chi connectivity index (χ0v) is 49.5. The number of cyclic esters (lactones) is 1. The Labute approximate surface area is 468 Å². The summed E-state index contributed by atoms with van der Waals surface area (Å²) in [6.45, 7) is 20.4. The third kappa shape index (κ3) is 19.4. The van der Waals surface area contributed by atoms with Crippen LogP contribution in [0.2, 0.25) is 0 Å². The quantitative estimate of drug-likeness (QED) is 0.119. The van der Waals surface area contributed by atoms with Crippen molar-refractivity contribution in [2.75, 3.05) is 48.0 Å². The van der Waals surface area contributed by atoms with E-state index in [1.807, 2.05) is 13.0 Å². The number of ketones is 1. The Morgan fingerprint density at radius 2 is 1.46 bits per heavy atom. The van der Waals surface area contributed by atoms with Crippen molar-refractivity contribution in [3.05, 3.63) is 59.7 Å². The minimum Gasteiger partial charge on any atom is -0.462 e. The predicted octanol–water partition coefficient (Wildman–Crippen LogP) is 4.31. The molecule has 2 saturated heterocycles. The number of nitrogens with zero attached hydrogens (tertiary/aromatic N) is 2. The van der Waals surface area contributed by atoms with Gasteiger partial charge in [-0.1, -0.05) is 56.7 Å². The summed E-state index contributed by atoms with van der Waals surface area (Å²) in [7, 11) is 6.28. The second-order valence-corrected chi connectivity index (χ2v) is 23.7. The number of alkyl carbamates (subject to hydrolysis) is 1. The number of methoxy groups -OCH3 is 2. The van der Waals surface area contributed by atoms with E-state index in [-0.39, 0.29) is 43.9 Å². The second-order valence-electron chi connectivity index (χ2n) is 23.7. The van der Waals surface area contributed by atoms with Crippen LogP contribution in [-0.4, -0.2) is 205 Å². The monoisotopic (exact) mass is 1120 g/mol. The molecule has 3 aliphatic heterocycles. The van der Waals surface area contributed by atoms with Crippen LogP contribution in [0.25, 0.3) is 0 Å². The Morgan fingerprint density at radius 1 is 0.835 bits per heavy atom. The van der Waals surface area contributed by atoms with Gasteiger partial charge in [-0.3, -0.25) is 19.2 Å². The van der Waals surface area contributed by atoms with Crippen molar-refractivity contribution >= 4 is 29.7 Å². The zero-order valence-electron chi connectivity index (χ0n) is 49.5. The molecule has 0 bridgehead atoms. The van der Waals surface area contributed by atoms with Gasteiger partial charge >= 0.3 is 12.1 Å². The summed E-state index contributed by atoms with van der Waals surface area (Å²) in [4.78, 5) is 74.8. The Hall–Kier alpha value is -4.39. The van der Waals surface area contributed by atoms with Crippen LogP contribution in [0.4, 0.5) is 4.79 Å². The van der Waals surface area contributed by atoms with Gasteiger partial charge < -0.3 is 78.8 Å². The lowest BCUT2D eigenvalue weighted by Gasteiger charge is -2.47. The number of benzene rings is 1. The summed E-state index contributed by atoms with van der Waals surface area (Å²) < 4.78 is 48.4. The number of hydrogen-bond acceptors (Lipinski definition) is 18. The molecular formula is C58H94N4O17. The van der Waals surface area contributed by atoms with E-state index < -0.39 is 151 Å². The van der Waals surface area contributed by atoms with Crippen molar-refractivity contribution in [3.8, 4) is 0 Å². The van der Waals surface area contributed by atoms with E-state index in [9.17, 15) is 39.6 Å². The summed E-state index contributed by atoms with van der Waals surface area (Å²) in [6, 6.07) is 6.11. The van der Waals surface area contributed by atoms with Crippen molar-refractivity contribution in [2.45, 2.75) is 206 Å². The van der Waals surface area contributed by atoms with Crippen LogP contribution < -0.4 is 10.6 Å². The van der Waals surface area contributed by atoms with Gasteiger partial charge in [0.1, 0.15) is 42.2 Å². The topological polar surface area (TPSA) is 271 Å². The normalized spacial score (nSPS) is 34.1. The number of carbonyl (C=O) groups is 5. The maximum absolute atomic E-state index is 15.1. The molecule has 0 aromatic heterocycles. The molecule has 1 aromatic rings. The molecule has 448 valence electrons. The molecule has 4 rings (SSSR count). The highest BCUT2D eigenvalue weighted by Gasteiger charge is 2.49. The van der Waals surface area contributed by atoms with Crippen molar-refractivity contribution in [1.29, 1.82) is 0 Å². The molecule has 0 spiro atoms. The van der Waals surface area contributed by atoms with Crippen LogP contribution in [-0.2, 0) is 52.3 Å². The molecule has 1 aromatic carbocycles. The van der Waals surface area contributed by atoms with E-state index in [0.717, 1.165) is 0 Å². The van der Waals surface area contributed by atoms with Crippen molar-refractivity contribution in [2.24, 2.45) is 23.7 Å². The summed E-state index contributed by atoms with van der Waals surface area (Å²) in [5.41, 5.74) is -0.788. The molecule has 0 saturated carbocycles. The number of aliphatic hydroxyl groups is 4. The molecule has 18 atom stereocenters. The number of rotatable bonds is 17. The van der Waals surface area contributed by atoms with E-state index in [2.05, 4.69) is 10.6 Å². The van der Waals surface area contributed by atoms with Gasteiger partial charge in [-0.2, -0.15) is 0 Å².